The number of imidazole rings is 1. The Kier molecular flexibility index (Phi) is 12.4. The van der Waals surface area contributed by atoms with Crippen LogP contribution < -0.4 is 15.5 Å². The molecule has 6 rings (SSSR count). The molecule has 15 nitrogen and oxygen atoms in total. The molecule has 0 bridgehead atoms. The van der Waals surface area contributed by atoms with Gasteiger partial charge in [0.15, 0.2) is 0 Å². The van der Waals surface area contributed by atoms with Crippen molar-refractivity contribution in [3.05, 3.63) is 78.0 Å². The number of aryl methyl sites for hydroxylation is 1. The van der Waals surface area contributed by atoms with Crippen LogP contribution in [0.3, 0.4) is 0 Å². The zero-order valence-corrected chi connectivity index (χ0v) is 34.8. The molecule has 4 amide bonds. The van der Waals surface area contributed by atoms with Crippen LogP contribution in [0.4, 0.5) is 21.1 Å². The fourth-order valence-electron chi connectivity index (χ4n) is 7.42. The molecule has 0 radical (unpaired) electrons. The van der Waals surface area contributed by atoms with Gasteiger partial charge in [-0.3, -0.25) is 14.6 Å². The van der Waals surface area contributed by atoms with E-state index in [9.17, 15) is 19.2 Å². The van der Waals surface area contributed by atoms with E-state index < -0.39 is 17.7 Å². The van der Waals surface area contributed by atoms with Crippen molar-refractivity contribution >= 4 is 35.5 Å². The summed E-state index contributed by atoms with van der Waals surface area (Å²) in [5.41, 5.74) is 4.43. The molecule has 2 aliphatic heterocycles. The highest BCUT2D eigenvalue weighted by atomic mass is 16.6. The number of hydrogen-bond donors (Lipinski definition) is 3. The fourth-order valence-corrected chi connectivity index (χ4v) is 7.42. The lowest BCUT2D eigenvalue weighted by molar-refractivity contribution is -0.135. The average Bonchev–Trinajstić information content (AvgIpc) is 3.88. The number of rotatable bonds is 9. The van der Waals surface area contributed by atoms with E-state index >= 15 is 0 Å². The van der Waals surface area contributed by atoms with Crippen LogP contribution in [-0.2, 0) is 14.3 Å². The first-order valence-electron chi connectivity index (χ1n) is 19.8. The molecular formula is C43H55N9O6. The van der Waals surface area contributed by atoms with Crippen molar-refractivity contribution in [3.63, 3.8) is 0 Å². The van der Waals surface area contributed by atoms with Crippen molar-refractivity contribution in [3.8, 4) is 22.5 Å². The number of aromatic amines is 1. The monoisotopic (exact) mass is 793 g/mol. The van der Waals surface area contributed by atoms with Crippen molar-refractivity contribution in [2.75, 3.05) is 37.0 Å². The largest absolute Gasteiger partial charge is 0.453 e. The molecule has 308 valence electrons. The van der Waals surface area contributed by atoms with E-state index in [1.54, 1.807) is 22.1 Å². The van der Waals surface area contributed by atoms with Gasteiger partial charge in [0.25, 0.3) is 5.91 Å². The lowest BCUT2D eigenvalue weighted by Gasteiger charge is -2.44. The van der Waals surface area contributed by atoms with Gasteiger partial charge in [0.2, 0.25) is 5.91 Å². The normalized spacial score (nSPS) is 18.9. The number of aromatic nitrogens is 4. The standard InChI is InChI=1S/C43H55N9O6/c1-25(2)37(49-41(55)57-9)40(54)50-20-10-11-35(50)38-45-22-34(47-38)30-14-12-29(13-15-30)33-18-17-32(28(5)46-33)48-39(53)31-16-19-36(44-21-31)51-23-27(4)52(24-26(51)3)42(56)58-43(6,7)8/h12-19,21-22,25-27,35,37H,10-11,20,23-24H2,1-9H3,(H,45,47)(H,48,53)(H,49,55)/t26-,27+,35+,37+/m1/s1. The lowest BCUT2D eigenvalue weighted by Crippen LogP contribution is -2.59. The molecule has 0 aliphatic carbocycles. The number of nitrogens with zero attached hydrogens (tertiary/aromatic N) is 6. The molecular weight excluding hydrogens is 739 g/mol. The number of hydrogen-bond acceptors (Lipinski definition) is 10. The smallest absolute Gasteiger partial charge is 0.410 e. The number of amides is 4. The minimum Gasteiger partial charge on any atom is -0.453 e. The summed E-state index contributed by atoms with van der Waals surface area (Å²) in [6, 6.07) is 14.2. The van der Waals surface area contributed by atoms with E-state index in [1.807, 2.05) is 104 Å². The molecule has 4 atom stereocenters. The molecule has 58 heavy (non-hydrogen) atoms. The number of nitrogens with one attached hydrogen (secondary N) is 3. The van der Waals surface area contributed by atoms with Gasteiger partial charge in [0.05, 0.1) is 41.5 Å². The SMILES string of the molecule is COC(=O)N[C@H](C(=O)N1CCC[C@H]1c1nc(-c2ccc(-c3ccc(NC(=O)c4ccc(N5C[C@H](C)N(C(=O)OC(C)(C)C)C[C@H]5C)nc4)c(C)n3)cc2)c[nH]1)C(C)C. The average molecular weight is 794 g/mol. The molecule has 4 aromatic rings. The van der Waals surface area contributed by atoms with Crippen molar-refractivity contribution in [2.45, 2.75) is 98.0 Å². The van der Waals surface area contributed by atoms with Crippen LogP contribution in [0.5, 0.6) is 0 Å². The van der Waals surface area contributed by atoms with Gasteiger partial charge in [-0.25, -0.2) is 19.6 Å². The van der Waals surface area contributed by atoms with Crippen molar-refractivity contribution in [1.29, 1.82) is 0 Å². The summed E-state index contributed by atoms with van der Waals surface area (Å²) in [5.74, 6) is 0.874. The quantitative estimate of drug-likeness (QED) is 0.161. The summed E-state index contributed by atoms with van der Waals surface area (Å²) >= 11 is 0. The highest BCUT2D eigenvalue weighted by molar-refractivity contribution is 6.04. The molecule has 2 fully saturated rings. The van der Waals surface area contributed by atoms with Crippen molar-refractivity contribution < 1.29 is 28.7 Å². The van der Waals surface area contributed by atoms with E-state index in [-0.39, 0.29) is 42.0 Å². The van der Waals surface area contributed by atoms with E-state index in [0.29, 0.717) is 42.4 Å². The fraction of sp³-hybridized carbons (Fsp3) is 0.465. The van der Waals surface area contributed by atoms with Crippen LogP contribution >= 0.6 is 0 Å². The second kappa shape index (κ2) is 17.2. The Morgan fingerprint density at radius 3 is 2.22 bits per heavy atom. The maximum absolute atomic E-state index is 13.5. The molecule has 0 unspecified atom stereocenters. The van der Waals surface area contributed by atoms with Gasteiger partial charge in [-0.15, -0.1) is 0 Å². The third-order valence-electron chi connectivity index (χ3n) is 10.6. The minimum atomic E-state index is -0.700. The van der Waals surface area contributed by atoms with E-state index in [4.69, 9.17) is 19.4 Å². The van der Waals surface area contributed by atoms with Crippen LogP contribution in [-0.4, -0.2) is 104 Å². The summed E-state index contributed by atoms with van der Waals surface area (Å²) in [4.78, 5) is 74.8. The number of methoxy groups -OCH3 is 1. The molecule has 15 heteroatoms. The first kappa shape index (κ1) is 41.6. The Morgan fingerprint density at radius 1 is 0.897 bits per heavy atom. The molecule has 2 aliphatic rings. The van der Waals surface area contributed by atoms with E-state index in [0.717, 1.165) is 41.2 Å². The summed E-state index contributed by atoms with van der Waals surface area (Å²) in [5, 5.41) is 5.66. The Labute approximate surface area is 339 Å². The van der Waals surface area contributed by atoms with Gasteiger partial charge in [-0.1, -0.05) is 38.1 Å². The van der Waals surface area contributed by atoms with Gasteiger partial charge in [-0.05, 0) is 84.6 Å². The maximum atomic E-state index is 13.5. The molecule has 0 spiro atoms. The number of carbonyl (C=O) groups is 4. The van der Waals surface area contributed by atoms with Gasteiger partial charge >= 0.3 is 12.2 Å². The van der Waals surface area contributed by atoms with E-state index in [1.165, 1.54) is 7.11 Å². The van der Waals surface area contributed by atoms with Crippen molar-refractivity contribution in [2.24, 2.45) is 5.92 Å². The summed E-state index contributed by atoms with van der Waals surface area (Å²) < 4.78 is 10.4. The second-order valence-corrected chi connectivity index (χ2v) is 16.5. The summed E-state index contributed by atoms with van der Waals surface area (Å²) in [6.45, 7) is 16.9. The number of H-pyrrole nitrogens is 1. The third kappa shape index (κ3) is 9.41. The first-order chi connectivity index (χ1) is 27.5. The van der Waals surface area contributed by atoms with Crippen LogP contribution in [0, 0.1) is 12.8 Å². The number of piperazine rings is 1. The molecule has 3 aromatic heterocycles. The van der Waals surface area contributed by atoms with Crippen molar-refractivity contribution in [1.82, 2.24) is 35.1 Å². The predicted octanol–water partition coefficient (Wildman–Crippen LogP) is 6.97. The Morgan fingerprint density at radius 2 is 1.60 bits per heavy atom. The Hall–Kier alpha value is -5.99. The lowest BCUT2D eigenvalue weighted by atomic mass is 10.0. The van der Waals surface area contributed by atoms with Crippen LogP contribution in [0.15, 0.2) is 60.9 Å². The number of benzene rings is 1. The maximum Gasteiger partial charge on any atom is 0.410 e. The van der Waals surface area contributed by atoms with Crippen LogP contribution in [0.1, 0.15) is 89.2 Å². The summed E-state index contributed by atoms with van der Waals surface area (Å²) in [6.07, 6.45) is 4.06. The molecule has 5 heterocycles. The van der Waals surface area contributed by atoms with Gasteiger partial charge in [0, 0.05) is 55.2 Å². The summed E-state index contributed by atoms with van der Waals surface area (Å²) in [7, 11) is 1.28. The van der Waals surface area contributed by atoms with Gasteiger partial charge in [-0.2, -0.15) is 0 Å². The third-order valence-corrected chi connectivity index (χ3v) is 10.6. The number of pyridine rings is 2. The second-order valence-electron chi connectivity index (χ2n) is 16.5. The van der Waals surface area contributed by atoms with Crippen LogP contribution in [0.25, 0.3) is 22.5 Å². The molecule has 2 saturated heterocycles. The Balaban J connectivity index is 1.06. The minimum absolute atomic E-state index is 0.00646. The number of ether oxygens (including phenoxy) is 2. The molecule has 0 saturated carbocycles. The first-order valence-corrected chi connectivity index (χ1v) is 19.8. The number of alkyl carbamates (subject to hydrolysis) is 1. The van der Waals surface area contributed by atoms with Gasteiger partial charge in [0.1, 0.15) is 23.3 Å². The van der Waals surface area contributed by atoms with Crippen LogP contribution in [0.2, 0.25) is 0 Å². The van der Waals surface area contributed by atoms with E-state index in [2.05, 4.69) is 25.5 Å². The zero-order chi connectivity index (χ0) is 41.9. The molecule has 1 aromatic carbocycles. The topological polar surface area (TPSA) is 175 Å². The number of anilines is 2. The Bertz CT molecular complexity index is 2110. The highest BCUT2D eigenvalue weighted by Gasteiger charge is 2.38. The van der Waals surface area contributed by atoms with Gasteiger partial charge < -0.3 is 39.8 Å². The number of likely N-dealkylation sites (tertiary alicyclic amines) is 1. The highest BCUT2D eigenvalue weighted by Crippen LogP contribution is 2.33. The molecule has 3 N–H and O–H groups in total. The number of carbonyl (C=O) groups excluding carboxylic acids is 4. The predicted molar refractivity (Wildman–Crippen MR) is 221 cm³/mol. The zero-order valence-electron chi connectivity index (χ0n) is 34.8.